The molecule has 1 fully saturated rings. The van der Waals surface area contributed by atoms with Crippen molar-refractivity contribution in [3.63, 3.8) is 0 Å². The molecule has 1 aliphatic rings. The summed E-state index contributed by atoms with van der Waals surface area (Å²) in [6.45, 7) is 1.93. The minimum absolute atomic E-state index is 0.122. The molecule has 0 aliphatic carbocycles. The van der Waals surface area contributed by atoms with Gasteiger partial charge in [-0.1, -0.05) is 30.3 Å². The van der Waals surface area contributed by atoms with Crippen LogP contribution in [0.3, 0.4) is 0 Å². The Balaban J connectivity index is 0.000000366. The molecule has 0 spiro atoms. The molecule has 0 aromatic heterocycles. The third-order valence-electron chi connectivity index (χ3n) is 4.96. The SMILES string of the molecule is CN1CCC(SCc2ccc(F)cc2)(c2ccccc2F)CC1.O=C(O)C=CC(=O)O. The van der Waals surface area contributed by atoms with Gasteiger partial charge in [-0.15, -0.1) is 11.8 Å². The van der Waals surface area contributed by atoms with Crippen molar-refractivity contribution < 1.29 is 28.6 Å². The van der Waals surface area contributed by atoms with Crippen LogP contribution >= 0.6 is 11.8 Å². The van der Waals surface area contributed by atoms with Gasteiger partial charge >= 0.3 is 11.9 Å². The van der Waals surface area contributed by atoms with Crippen LogP contribution in [0, 0.1) is 11.6 Å². The molecule has 2 aromatic rings. The molecule has 1 saturated heterocycles. The van der Waals surface area contributed by atoms with Gasteiger partial charge in [0.2, 0.25) is 0 Å². The van der Waals surface area contributed by atoms with Crippen LogP contribution in [0.5, 0.6) is 0 Å². The molecule has 1 heterocycles. The van der Waals surface area contributed by atoms with Crippen LogP contribution in [0.2, 0.25) is 0 Å². The van der Waals surface area contributed by atoms with E-state index in [0.29, 0.717) is 12.2 Å². The lowest BCUT2D eigenvalue weighted by molar-refractivity contribution is -0.134. The second kappa shape index (κ2) is 11.6. The van der Waals surface area contributed by atoms with Crippen molar-refractivity contribution in [1.29, 1.82) is 0 Å². The van der Waals surface area contributed by atoms with Gasteiger partial charge in [-0.05, 0) is 56.7 Å². The summed E-state index contributed by atoms with van der Waals surface area (Å²) in [6, 6.07) is 13.7. The number of thioether (sulfide) groups is 1. The van der Waals surface area contributed by atoms with E-state index in [1.165, 1.54) is 12.1 Å². The first-order valence-corrected chi connectivity index (χ1v) is 10.7. The number of halogens is 2. The Bertz CT molecular complexity index is 894. The number of rotatable bonds is 6. The minimum Gasteiger partial charge on any atom is -0.478 e. The quantitative estimate of drug-likeness (QED) is 0.631. The van der Waals surface area contributed by atoms with Gasteiger partial charge in [0.05, 0.1) is 0 Å². The Morgan fingerprint density at radius 1 is 1.00 bits per heavy atom. The standard InChI is InChI=1S/C19H21F2NS.C4H4O4/c1-22-12-10-19(11-13-22,17-4-2-3-5-18(17)21)23-14-15-6-8-16(20)9-7-15;5-3(6)1-2-4(7)8/h2-9H,10-14H2,1H3;1-2H,(H,5,6)(H,7,8). The highest BCUT2D eigenvalue weighted by Crippen LogP contribution is 2.47. The lowest BCUT2D eigenvalue weighted by Crippen LogP contribution is -2.39. The van der Waals surface area contributed by atoms with Crippen LogP contribution in [0.4, 0.5) is 8.78 Å². The third-order valence-corrected chi connectivity index (χ3v) is 6.61. The van der Waals surface area contributed by atoms with Crippen LogP contribution in [0.25, 0.3) is 0 Å². The molecule has 2 aromatic carbocycles. The maximum absolute atomic E-state index is 14.4. The van der Waals surface area contributed by atoms with Crippen molar-refractivity contribution in [3.8, 4) is 0 Å². The number of hydrogen-bond donors (Lipinski definition) is 2. The zero-order valence-electron chi connectivity index (χ0n) is 17.1. The molecule has 0 amide bonds. The van der Waals surface area contributed by atoms with Gasteiger partial charge in [0.15, 0.2) is 0 Å². The average Bonchev–Trinajstić information content (AvgIpc) is 2.74. The van der Waals surface area contributed by atoms with Crippen LogP contribution in [-0.2, 0) is 20.1 Å². The van der Waals surface area contributed by atoms with E-state index in [9.17, 15) is 18.4 Å². The van der Waals surface area contributed by atoms with Gasteiger partial charge in [0.25, 0.3) is 0 Å². The van der Waals surface area contributed by atoms with Crippen molar-refractivity contribution >= 4 is 23.7 Å². The van der Waals surface area contributed by atoms with E-state index in [1.54, 1.807) is 23.9 Å². The Hall–Kier alpha value is -2.71. The molecule has 3 rings (SSSR count). The van der Waals surface area contributed by atoms with E-state index >= 15 is 0 Å². The van der Waals surface area contributed by atoms with E-state index in [0.717, 1.165) is 42.8 Å². The first kappa shape index (κ1) is 24.6. The number of carbonyl (C=O) groups is 2. The molecule has 0 radical (unpaired) electrons. The normalized spacial score (nSPS) is 15.8. The predicted molar refractivity (Wildman–Crippen MR) is 117 cm³/mol. The maximum atomic E-state index is 14.4. The molecule has 0 unspecified atom stereocenters. The monoisotopic (exact) mass is 449 g/mol. The first-order valence-electron chi connectivity index (χ1n) is 9.68. The Morgan fingerprint density at radius 2 is 1.55 bits per heavy atom. The fraction of sp³-hybridized carbons (Fsp3) is 0.304. The predicted octanol–water partition coefficient (Wildman–Crippen LogP) is 4.53. The Kier molecular flexibility index (Phi) is 9.21. The summed E-state index contributed by atoms with van der Waals surface area (Å²) in [7, 11) is 2.11. The molecule has 166 valence electrons. The van der Waals surface area contributed by atoms with Crippen molar-refractivity contribution in [1.82, 2.24) is 4.90 Å². The molecular weight excluding hydrogens is 424 g/mol. The zero-order chi connectivity index (χ0) is 22.9. The van der Waals surface area contributed by atoms with Gasteiger partial charge in [0.1, 0.15) is 11.6 Å². The molecule has 1 aliphatic heterocycles. The van der Waals surface area contributed by atoms with E-state index < -0.39 is 11.9 Å². The lowest BCUT2D eigenvalue weighted by atomic mass is 9.88. The number of aliphatic carboxylic acids is 2. The summed E-state index contributed by atoms with van der Waals surface area (Å²) >= 11 is 1.78. The van der Waals surface area contributed by atoms with Crippen LogP contribution in [0.15, 0.2) is 60.7 Å². The van der Waals surface area contributed by atoms with Crippen LogP contribution < -0.4 is 0 Å². The summed E-state index contributed by atoms with van der Waals surface area (Å²) in [4.78, 5) is 21.4. The van der Waals surface area contributed by atoms with Crippen molar-refractivity contribution in [2.24, 2.45) is 0 Å². The number of piperidine rings is 1. The Labute approximate surface area is 184 Å². The van der Waals surface area contributed by atoms with Gasteiger partial charge in [-0.25, -0.2) is 18.4 Å². The van der Waals surface area contributed by atoms with Crippen LogP contribution in [0.1, 0.15) is 24.0 Å². The van der Waals surface area contributed by atoms with E-state index in [2.05, 4.69) is 11.9 Å². The topological polar surface area (TPSA) is 77.8 Å². The number of carboxylic acid groups (broad SMARTS) is 2. The summed E-state index contributed by atoms with van der Waals surface area (Å²) in [5, 5.41) is 15.6. The van der Waals surface area contributed by atoms with Crippen molar-refractivity contribution in [3.05, 3.63) is 83.4 Å². The van der Waals surface area contributed by atoms with Crippen molar-refractivity contribution in [2.45, 2.75) is 23.3 Å². The molecular formula is C23H25F2NO4S. The highest BCUT2D eigenvalue weighted by Gasteiger charge is 2.37. The summed E-state index contributed by atoms with van der Waals surface area (Å²) < 4.78 is 27.3. The number of carboxylic acids is 2. The molecule has 0 bridgehead atoms. The fourth-order valence-electron chi connectivity index (χ4n) is 3.25. The molecule has 2 N–H and O–H groups in total. The van der Waals surface area contributed by atoms with E-state index in [4.69, 9.17) is 10.2 Å². The fourth-order valence-corrected chi connectivity index (χ4v) is 4.67. The van der Waals surface area contributed by atoms with E-state index in [1.807, 2.05) is 24.3 Å². The van der Waals surface area contributed by atoms with Gasteiger partial charge < -0.3 is 15.1 Å². The summed E-state index contributed by atoms with van der Waals surface area (Å²) in [5.41, 5.74) is 1.88. The third kappa shape index (κ3) is 7.80. The second-order valence-corrected chi connectivity index (χ2v) is 8.56. The zero-order valence-corrected chi connectivity index (χ0v) is 17.9. The number of nitrogens with zero attached hydrogens (tertiary/aromatic N) is 1. The van der Waals surface area contributed by atoms with Gasteiger partial charge in [-0.2, -0.15) is 0 Å². The largest absolute Gasteiger partial charge is 0.478 e. The smallest absolute Gasteiger partial charge is 0.328 e. The summed E-state index contributed by atoms with van der Waals surface area (Å²) in [6.07, 6.45) is 2.97. The molecule has 0 saturated carbocycles. The first-order chi connectivity index (χ1) is 14.7. The van der Waals surface area contributed by atoms with Gasteiger partial charge in [0, 0.05) is 28.2 Å². The lowest BCUT2D eigenvalue weighted by Gasteiger charge is -2.41. The molecule has 8 heteroatoms. The minimum atomic E-state index is -1.26. The second-order valence-electron chi connectivity index (χ2n) is 7.20. The maximum Gasteiger partial charge on any atom is 0.328 e. The highest BCUT2D eigenvalue weighted by atomic mass is 32.2. The highest BCUT2D eigenvalue weighted by molar-refractivity contribution is 7.99. The Morgan fingerprint density at radius 3 is 2.06 bits per heavy atom. The van der Waals surface area contributed by atoms with E-state index in [-0.39, 0.29) is 16.4 Å². The number of hydrogen-bond acceptors (Lipinski definition) is 4. The number of likely N-dealkylation sites (tertiary alicyclic amines) is 1. The number of benzene rings is 2. The summed E-state index contributed by atoms with van der Waals surface area (Å²) in [5.74, 6) is -2.09. The van der Waals surface area contributed by atoms with Crippen LogP contribution in [-0.4, -0.2) is 47.2 Å². The molecule has 31 heavy (non-hydrogen) atoms. The molecule has 5 nitrogen and oxygen atoms in total. The van der Waals surface area contributed by atoms with Crippen molar-refractivity contribution in [2.75, 3.05) is 20.1 Å². The average molecular weight is 450 g/mol. The van der Waals surface area contributed by atoms with Gasteiger partial charge in [-0.3, -0.25) is 0 Å². The molecule has 0 atom stereocenters.